The summed E-state index contributed by atoms with van der Waals surface area (Å²) in [5, 5.41) is 3.64. The standard InChI is InChI=1S/C12H11F3N4O/c13-12(14,15)9-5-17-19(7-9)6-8-3-1-2-4-10(8)11(20)18-16/h1-5,7H,6,16H2,(H,18,20). The van der Waals surface area contributed by atoms with Gasteiger partial charge in [0.25, 0.3) is 5.91 Å². The highest BCUT2D eigenvalue weighted by Crippen LogP contribution is 2.28. The number of aromatic nitrogens is 2. The van der Waals surface area contributed by atoms with Crippen molar-refractivity contribution in [2.24, 2.45) is 5.84 Å². The Kier molecular flexibility index (Phi) is 3.75. The Morgan fingerprint density at radius 2 is 2.05 bits per heavy atom. The second-order valence-corrected chi connectivity index (χ2v) is 4.05. The molecule has 0 aliphatic carbocycles. The number of halogens is 3. The molecule has 1 heterocycles. The number of nitrogens with one attached hydrogen (secondary N) is 1. The average molecular weight is 284 g/mol. The van der Waals surface area contributed by atoms with E-state index in [1.54, 1.807) is 18.2 Å². The van der Waals surface area contributed by atoms with Crippen molar-refractivity contribution in [3.8, 4) is 0 Å². The first-order valence-corrected chi connectivity index (χ1v) is 5.60. The molecule has 2 rings (SSSR count). The van der Waals surface area contributed by atoms with Crippen LogP contribution in [0.15, 0.2) is 36.7 Å². The van der Waals surface area contributed by atoms with E-state index < -0.39 is 17.6 Å². The number of nitrogens with two attached hydrogens (primary N) is 1. The molecular weight excluding hydrogens is 273 g/mol. The minimum absolute atomic E-state index is 0.0413. The SMILES string of the molecule is NNC(=O)c1ccccc1Cn1cc(C(F)(F)F)cn1. The van der Waals surface area contributed by atoms with Crippen molar-refractivity contribution < 1.29 is 18.0 Å². The number of hydrazine groups is 1. The molecule has 20 heavy (non-hydrogen) atoms. The van der Waals surface area contributed by atoms with E-state index in [1.807, 2.05) is 5.43 Å². The Hall–Kier alpha value is -2.35. The summed E-state index contributed by atoms with van der Waals surface area (Å²) in [5.41, 5.74) is 1.96. The van der Waals surface area contributed by atoms with Crippen LogP contribution < -0.4 is 11.3 Å². The van der Waals surface area contributed by atoms with Crippen molar-refractivity contribution in [3.63, 3.8) is 0 Å². The van der Waals surface area contributed by atoms with Gasteiger partial charge in [-0.25, -0.2) is 5.84 Å². The number of nitrogen functional groups attached to an aromatic ring is 1. The van der Waals surface area contributed by atoms with E-state index in [4.69, 9.17) is 5.84 Å². The lowest BCUT2D eigenvalue weighted by atomic mass is 10.1. The number of rotatable bonds is 3. The lowest BCUT2D eigenvalue weighted by molar-refractivity contribution is -0.137. The minimum Gasteiger partial charge on any atom is -0.290 e. The Labute approximate surface area is 112 Å². The van der Waals surface area contributed by atoms with Crippen LogP contribution in [0.4, 0.5) is 13.2 Å². The predicted octanol–water partition coefficient (Wildman–Crippen LogP) is 1.55. The second-order valence-electron chi connectivity index (χ2n) is 4.05. The molecule has 0 unspecified atom stereocenters. The smallest absolute Gasteiger partial charge is 0.290 e. The summed E-state index contributed by atoms with van der Waals surface area (Å²) in [5.74, 6) is 4.55. The topological polar surface area (TPSA) is 72.9 Å². The molecule has 1 aromatic carbocycles. The number of hydrogen-bond donors (Lipinski definition) is 2. The molecule has 1 aromatic heterocycles. The van der Waals surface area contributed by atoms with Gasteiger partial charge >= 0.3 is 6.18 Å². The van der Waals surface area contributed by atoms with E-state index >= 15 is 0 Å². The van der Waals surface area contributed by atoms with Crippen LogP contribution in [0.2, 0.25) is 0 Å². The van der Waals surface area contributed by atoms with Crippen molar-refractivity contribution >= 4 is 5.91 Å². The molecule has 0 fully saturated rings. The Bertz CT molecular complexity index is 621. The molecule has 106 valence electrons. The molecule has 5 nitrogen and oxygen atoms in total. The van der Waals surface area contributed by atoms with Gasteiger partial charge < -0.3 is 0 Å². The number of alkyl halides is 3. The molecule has 0 bridgehead atoms. The normalized spacial score (nSPS) is 11.4. The van der Waals surface area contributed by atoms with E-state index in [-0.39, 0.29) is 6.54 Å². The fourth-order valence-electron chi connectivity index (χ4n) is 1.73. The number of carbonyl (C=O) groups is 1. The van der Waals surface area contributed by atoms with Crippen molar-refractivity contribution in [1.82, 2.24) is 15.2 Å². The third-order valence-electron chi connectivity index (χ3n) is 2.69. The van der Waals surface area contributed by atoms with Gasteiger partial charge in [0, 0.05) is 11.8 Å². The first kappa shape index (κ1) is 14.1. The van der Waals surface area contributed by atoms with Crippen LogP contribution in [-0.4, -0.2) is 15.7 Å². The van der Waals surface area contributed by atoms with E-state index in [0.29, 0.717) is 11.1 Å². The van der Waals surface area contributed by atoms with E-state index in [2.05, 4.69) is 5.10 Å². The van der Waals surface area contributed by atoms with Crippen LogP contribution >= 0.6 is 0 Å². The molecule has 0 saturated heterocycles. The van der Waals surface area contributed by atoms with Gasteiger partial charge in [-0.1, -0.05) is 18.2 Å². The molecule has 0 aliphatic heterocycles. The van der Waals surface area contributed by atoms with Gasteiger partial charge in [0.05, 0.1) is 18.3 Å². The monoisotopic (exact) mass is 284 g/mol. The first-order valence-electron chi connectivity index (χ1n) is 5.60. The third-order valence-corrected chi connectivity index (χ3v) is 2.69. The van der Waals surface area contributed by atoms with Crippen LogP contribution in [0.25, 0.3) is 0 Å². The lowest BCUT2D eigenvalue weighted by Crippen LogP contribution is -2.31. The number of hydrogen-bond acceptors (Lipinski definition) is 3. The van der Waals surface area contributed by atoms with Crippen molar-refractivity contribution in [2.45, 2.75) is 12.7 Å². The van der Waals surface area contributed by atoms with Gasteiger partial charge in [0.2, 0.25) is 0 Å². The summed E-state index contributed by atoms with van der Waals surface area (Å²) in [4.78, 5) is 11.5. The fourth-order valence-corrected chi connectivity index (χ4v) is 1.73. The van der Waals surface area contributed by atoms with Crippen LogP contribution in [0.3, 0.4) is 0 Å². The molecule has 3 N–H and O–H groups in total. The highest BCUT2D eigenvalue weighted by Gasteiger charge is 2.32. The number of nitrogens with zero attached hydrogens (tertiary/aromatic N) is 2. The van der Waals surface area contributed by atoms with Gasteiger partial charge in [-0.05, 0) is 11.6 Å². The quantitative estimate of drug-likeness (QED) is 0.510. The van der Waals surface area contributed by atoms with Crippen LogP contribution in [-0.2, 0) is 12.7 Å². The molecule has 0 atom stereocenters. The highest BCUT2D eigenvalue weighted by molar-refractivity contribution is 5.95. The summed E-state index contributed by atoms with van der Waals surface area (Å²) in [6.45, 7) is 0.0413. The van der Waals surface area contributed by atoms with Gasteiger partial charge in [-0.2, -0.15) is 18.3 Å². The maximum absolute atomic E-state index is 12.5. The Balaban J connectivity index is 2.27. The fraction of sp³-hybridized carbons (Fsp3) is 0.167. The molecule has 1 amide bonds. The molecule has 0 saturated carbocycles. The van der Waals surface area contributed by atoms with Gasteiger partial charge in [-0.15, -0.1) is 0 Å². The van der Waals surface area contributed by atoms with Crippen molar-refractivity contribution in [3.05, 3.63) is 53.3 Å². The zero-order valence-corrected chi connectivity index (χ0v) is 10.2. The summed E-state index contributed by atoms with van der Waals surface area (Å²) in [7, 11) is 0. The molecule has 2 aromatic rings. The Morgan fingerprint density at radius 3 is 2.65 bits per heavy atom. The number of carbonyl (C=O) groups excluding carboxylic acids is 1. The van der Waals surface area contributed by atoms with Crippen LogP contribution in [0.5, 0.6) is 0 Å². The lowest BCUT2D eigenvalue weighted by Gasteiger charge is -2.08. The zero-order valence-electron chi connectivity index (χ0n) is 10.2. The maximum Gasteiger partial charge on any atom is 0.419 e. The third kappa shape index (κ3) is 2.97. The number of benzene rings is 1. The zero-order chi connectivity index (χ0) is 14.8. The Morgan fingerprint density at radius 1 is 1.35 bits per heavy atom. The van der Waals surface area contributed by atoms with Crippen LogP contribution in [0.1, 0.15) is 21.5 Å². The highest BCUT2D eigenvalue weighted by atomic mass is 19.4. The second kappa shape index (κ2) is 5.33. The van der Waals surface area contributed by atoms with Gasteiger partial charge in [-0.3, -0.25) is 14.9 Å². The summed E-state index contributed by atoms with van der Waals surface area (Å²) in [6.07, 6.45) is -2.81. The largest absolute Gasteiger partial charge is 0.419 e. The van der Waals surface area contributed by atoms with E-state index in [9.17, 15) is 18.0 Å². The minimum atomic E-state index is -4.44. The molecule has 0 aliphatic rings. The number of amides is 1. The molecule has 8 heteroatoms. The summed E-state index contributed by atoms with van der Waals surface area (Å²) >= 11 is 0. The maximum atomic E-state index is 12.5. The average Bonchev–Trinajstić information content (AvgIpc) is 2.87. The summed E-state index contributed by atoms with van der Waals surface area (Å²) in [6, 6.07) is 6.47. The van der Waals surface area contributed by atoms with Gasteiger partial charge in [0.1, 0.15) is 0 Å². The van der Waals surface area contributed by atoms with E-state index in [1.165, 1.54) is 6.07 Å². The van der Waals surface area contributed by atoms with Crippen LogP contribution in [0, 0.1) is 0 Å². The van der Waals surface area contributed by atoms with Crippen molar-refractivity contribution in [2.75, 3.05) is 0 Å². The molecule has 0 spiro atoms. The molecular formula is C12H11F3N4O. The predicted molar refractivity (Wildman–Crippen MR) is 64.4 cm³/mol. The van der Waals surface area contributed by atoms with Gasteiger partial charge in [0.15, 0.2) is 0 Å². The van der Waals surface area contributed by atoms with Crippen molar-refractivity contribution in [1.29, 1.82) is 0 Å². The summed E-state index contributed by atoms with van der Waals surface area (Å²) < 4.78 is 38.5. The van der Waals surface area contributed by atoms with E-state index in [0.717, 1.165) is 17.1 Å². The first-order chi connectivity index (χ1) is 9.41. The molecule has 0 radical (unpaired) electrons.